The Morgan fingerprint density at radius 1 is 1.14 bits per heavy atom. The minimum atomic E-state index is -0.0461. The Bertz CT molecular complexity index is 1160. The zero-order valence-electron chi connectivity index (χ0n) is 21.5. The van der Waals surface area contributed by atoms with Gasteiger partial charge in [0, 0.05) is 37.2 Å². The van der Waals surface area contributed by atoms with E-state index in [2.05, 4.69) is 70.9 Å². The summed E-state index contributed by atoms with van der Waals surface area (Å²) in [6, 6.07) is 10.2. The van der Waals surface area contributed by atoms with E-state index in [4.69, 9.17) is 4.74 Å². The molecule has 1 aromatic heterocycles. The molecule has 2 aromatic carbocycles. The molecule has 0 bridgehead atoms. The molecule has 7 nitrogen and oxygen atoms in total. The van der Waals surface area contributed by atoms with Crippen LogP contribution in [0.3, 0.4) is 0 Å². The molecule has 2 heterocycles. The highest BCUT2D eigenvalue weighted by Crippen LogP contribution is 2.34. The second kappa shape index (κ2) is 11.5. The average molecular weight is 496 g/mol. The summed E-state index contributed by atoms with van der Waals surface area (Å²) in [6.45, 7) is 11.2. The molecule has 1 aliphatic rings. The standard InChI is InChI=1S/C27H37N5O2S/c1-18-19(2)26(34-13-7-6-12-31(4)5)11-9-23(18)20(3)32-16-21(17-32)15-28-27(33)22-8-10-24-25(14-22)30-35-29-24/h8-11,14,20-21H,6-7,12-13,15-17H2,1-5H3,(H,28,33). The van der Waals surface area contributed by atoms with Gasteiger partial charge < -0.3 is 15.0 Å². The molecule has 0 saturated carbocycles. The van der Waals surface area contributed by atoms with Crippen LogP contribution in [0.4, 0.5) is 0 Å². The zero-order chi connectivity index (χ0) is 24.9. The molecule has 1 aliphatic heterocycles. The van der Waals surface area contributed by atoms with Gasteiger partial charge in [0.1, 0.15) is 16.8 Å². The van der Waals surface area contributed by atoms with Crippen molar-refractivity contribution in [2.75, 3.05) is 46.9 Å². The summed E-state index contributed by atoms with van der Waals surface area (Å²) in [5.74, 6) is 1.42. The van der Waals surface area contributed by atoms with Gasteiger partial charge in [-0.05, 0) is 95.2 Å². The van der Waals surface area contributed by atoms with Crippen molar-refractivity contribution in [1.29, 1.82) is 0 Å². The van der Waals surface area contributed by atoms with Gasteiger partial charge in [-0.15, -0.1) is 0 Å². The molecule has 0 spiro atoms. The minimum Gasteiger partial charge on any atom is -0.493 e. The molecule has 0 aliphatic carbocycles. The average Bonchev–Trinajstić information content (AvgIpc) is 3.28. The largest absolute Gasteiger partial charge is 0.493 e. The topological polar surface area (TPSA) is 70.6 Å². The number of carbonyl (C=O) groups is 1. The molecule has 1 atom stereocenters. The maximum absolute atomic E-state index is 12.6. The van der Waals surface area contributed by atoms with Crippen LogP contribution in [0.1, 0.15) is 52.9 Å². The second-order valence-corrected chi connectivity index (χ2v) is 10.5. The summed E-state index contributed by atoms with van der Waals surface area (Å²) < 4.78 is 14.5. The molecule has 1 unspecified atom stereocenters. The summed E-state index contributed by atoms with van der Waals surface area (Å²) >= 11 is 1.17. The van der Waals surface area contributed by atoms with Crippen LogP contribution in [0.15, 0.2) is 30.3 Å². The quantitative estimate of drug-likeness (QED) is 0.396. The number of rotatable bonds is 11. The molecule has 1 amide bonds. The summed E-state index contributed by atoms with van der Waals surface area (Å²) in [7, 11) is 4.21. The lowest BCUT2D eigenvalue weighted by Gasteiger charge is -2.44. The molecule has 0 radical (unpaired) electrons. The van der Waals surface area contributed by atoms with Gasteiger partial charge in [-0.25, -0.2) is 0 Å². The van der Waals surface area contributed by atoms with Crippen molar-refractivity contribution in [2.45, 2.75) is 39.7 Å². The summed E-state index contributed by atoms with van der Waals surface area (Å²) in [5, 5.41) is 3.09. The lowest BCUT2D eigenvalue weighted by molar-refractivity contribution is 0.0569. The number of nitrogens with zero attached hydrogens (tertiary/aromatic N) is 4. The Morgan fingerprint density at radius 3 is 2.69 bits per heavy atom. The Morgan fingerprint density at radius 2 is 1.91 bits per heavy atom. The minimum absolute atomic E-state index is 0.0461. The van der Waals surface area contributed by atoms with Crippen LogP contribution in [0.25, 0.3) is 11.0 Å². The van der Waals surface area contributed by atoms with E-state index in [0.717, 1.165) is 55.9 Å². The van der Waals surface area contributed by atoms with Gasteiger partial charge in [-0.3, -0.25) is 9.69 Å². The summed E-state index contributed by atoms with van der Waals surface area (Å²) in [5.41, 5.74) is 6.15. The van der Waals surface area contributed by atoms with E-state index in [1.165, 1.54) is 28.4 Å². The van der Waals surface area contributed by atoms with Gasteiger partial charge in [0.05, 0.1) is 18.3 Å². The van der Waals surface area contributed by atoms with Crippen molar-refractivity contribution in [3.8, 4) is 5.75 Å². The van der Waals surface area contributed by atoms with E-state index in [-0.39, 0.29) is 5.91 Å². The third-order valence-electron chi connectivity index (χ3n) is 7.09. The van der Waals surface area contributed by atoms with Gasteiger partial charge in [0.25, 0.3) is 5.91 Å². The van der Waals surface area contributed by atoms with Crippen LogP contribution in [-0.2, 0) is 0 Å². The van der Waals surface area contributed by atoms with Crippen molar-refractivity contribution in [1.82, 2.24) is 23.9 Å². The van der Waals surface area contributed by atoms with Crippen molar-refractivity contribution >= 4 is 28.7 Å². The number of hydrogen-bond acceptors (Lipinski definition) is 7. The van der Waals surface area contributed by atoms with E-state index in [9.17, 15) is 4.79 Å². The summed E-state index contributed by atoms with van der Waals surface area (Å²) in [6.07, 6.45) is 2.21. The Kier molecular flexibility index (Phi) is 8.36. The maximum atomic E-state index is 12.6. The summed E-state index contributed by atoms with van der Waals surface area (Å²) in [4.78, 5) is 17.3. The first-order valence-electron chi connectivity index (χ1n) is 12.5. The van der Waals surface area contributed by atoms with Crippen LogP contribution in [0, 0.1) is 19.8 Å². The van der Waals surface area contributed by atoms with E-state index in [0.29, 0.717) is 24.1 Å². The van der Waals surface area contributed by atoms with Gasteiger partial charge in [0.15, 0.2) is 0 Å². The Balaban J connectivity index is 1.24. The lowest BCUT2D eigenvalue weighted by Crippen LogP contribution is -2.52. The monoisotopic (exact) mass is 495 g/mol. The number of ether oxygens (including phenoxy) is 1. The van der Waals surface area contributed by atoms with Crippen LogP contribution >= 0.6 is 11.7 Å². The van der Waals surface area contributed by atoms with Crippen LogP contribution in [0.5, 0.6) is 5.75 Å². The van der Waals surface area contributed by atoms with Crippen LogP contribution < -0.4 is 10.1 Å². The van der Waals surface area contributed by atoms with E-state index in [1.54, 1.807) is 0 Å². The lowest BCUT2D eigenvalue weighted by atomic mass is 9.91. The fourth-order valence-electron chi connectivity index (χ4n) is 4.65. The molecule has 1 saturated heterocycles. The third kappa shape index (κ3) is 6.18. The number of likely N-dealkylation sites (tertiary alicyclic amines) is 1. The van der Waals surface area contributed by atoms with E-state index < -0.39 is 0 Å². The number of fused-ring (bicyclic) bond motifs is 1. The molecule has 35 heavy (non-hydrogen) atoms. The SMILES string of the molecule is Cc1c(OCCCCN(C)C)ccc(C(C)N2CC(CNC(=O)c3ccc4nsnc4c3)C2)c1C. The molecular formula is C27H37N5O2S. The molecule has 188 valence electrons. The molecule has 1 fully saturated rings. The third-order valence-corrected chi connectivity index (χ3v) is 7.64. The fraction of sp³-hybridized carbons (Fsp3) is 0.519. The van der Waals surface area contributed by atoms with Crippen molar-refractivity contribution in [2.24, 2.45) is 5.92 Å². The highest BCUT2D eigenvalue weighted by molar-refractivity contribution is 7.00. The van der Waals surface area contributed by atoms with E-state index >= 15 is 0 Å². The number of benzene rings is 2. The fourth-order valence-corrected chi connectivity index (χ4v) is 5.17. The Hall–Kier alpha value is -2.55. The number of amides is 1. The van der Waals surface area contributed by atoms with Crippen LogP contribution in [0.2, 0.25) is 0 Å². The van der Waals surface area contributed by atoms with Gasteiger partial charge in [-0.2, -0.15) is 8.75 Å². The highest BCUT2D eigenvalue weighted by atomic mass is 32.1. The first kappa shape index (κ1) is 25.5. The van der Waals surface area contributed by atoms with Gasteiger partial charge in [0.2, 0.25) is 0 Å². The number of unbranched alkanes of at least 4 members (excludes halogenated alkanes) is 1. The van der Waals surface area contributed by atoms with Crippen molar-refractivity contribution in [3.05, 3.63) is 52.6 Å². The van der Waals surface area contributed by atoms with Crippen LogP contribution in [-0.4, -0.2) is 71.3 Å². The van der Waals surface area contributed by atoms with Gasteiger partial charge in [-0.1, -0.05) is 6.07 Å². The van der Waals surface area contributed by atoms with Gasteiger partial charge >= 0.3 is 0 Å². The number of carbonyl (C=O) groups excluding carboxylic acids is 1. The first-order valence-corrected chi connectivity index (χ1v) is 13.2. The number of nitrogens with one attached hydrogen (secondary N) is 1. The molecular weight excluding hydrogens is 458 g/mol. The second-order valence-electron chi connectivity index (χ2n) is 9.94. The molecule has 1 N–H and O–H groups in total. The maximum Gasteiger partial charge on any atom is 0.251 e. The first-order chi connectivity index (χ1) is 16.8. The zero-order valence-corrected chi connectivity index (χ0v) is 22.3. The van der Waals surface area contributed by atoms with Crippen molar-refractivity contribution in [3.63, 3.8) is 0 Å². The molecule has 4 rings (SSSR count). The highest BCUT2D eigenvalue weighted by Gasteiger charge is 2.32. The Labute approximate surface area is 212 Å². The normalized spacial score (nSPS) is 15.4. The van der Waals surface area contributed by atoms with Crippen molar-refractivity contribution < 1.29 is 9.53 Å². The predicted molar refractivity (Wildman–Crippen MR) is 142 cm³/mol. The number of aromatic nitrogens is 2. The van der Waals surface area contributed by atoms with E-state index in [1.807, 2.05) is 18.2 Å². The number of hydrogen-bond donors (Lipinski definition) is 1. The molecule has 8 heteroatoms. The molecule has 3 aromatic rings. The predicted octanol–water partition coefficient (Wildman–Crippen LogP) is 4.45. The smallest absolute Gasteiger partial charge is 0.251 e.